The molecule has 0 radical (unpaired) electrons. The molecule has 2 N–H and O–H groups in total. The first-order chi connectivity index (χ1) is 22.8. The van der Waals surface area contributed by atoms with E-state index in [0.29, 0.717) is 13.0 Å². The van der Waals surface area contributed by atoms with Gasteiger partial charge in [-0.3, -0.25) is 14.4 Å². The average molecular weight is 633 g/mol. The summed E-state index contributed by atoms with van der Waals surface area (Å²) >= 11 is 0. The summed E-state index contributed by atoms with van der Waals surface area (Å²) in [5.41, 5.74) is 2.50. The lowest BCUT2D eigenvalue weighted by Gasteiger charge is -2.25. The van der Waals surface area contributed by atoms with Crippen LogP contribution < -0.4 is 10.6 Å². The minimum Gasteiger partial charge on any atom is -0.445 e. The number of benzene rings is 4. The Morgan fingerprint density at radius 3 is 1.60 bits per heavy atom. The molecule has 47 heavy (non-hydrogen) atoms. The monoisotopic (exact) mass is 632 g/mol. The van der Waals surface area contributed by atoms with Crippen LogP contribution in [0.4, 0.5) is 4.79 Å². The fourth-order valence-electron chi connectivity index (χ4n) is 5.51. The maximum atomic E-state index is 14.0. The normalized spacial score (nSPS) is 17.0. The summed E-state index contributed by atoms with van der Waals surface area (Å²) in [5.74, 6) is -1.73. The van der Waals surface area contributed by atoms with E-state index in [0.717, 1.165) is 22.3 Å². The van der Waals surface area contributed by atoms with E-state index >= 15 is 0 Å². The Hall–Kier alpha value is -5.08. The third kappa shape index (κ3) is 9.95. The van der Waals surface area contributed by atoms with Crippen molar-refractivity contribution in [3.05, 3.63) is 144 Å². The summed E-state index contributed by atoms with van der Waals surface area (Å²) in [6, 6.07) is 35.8. The van der Waals surface area contributed by atoms with E-state index in [4.69, 9.17) is 9.47 Å². The van der Waals surface area contributed by atoms with E-state index in [9.17, 15) is 19.2 Å². The first kappa shape index (κ1) is 33.3. The fraction of sp³-hybridized carbons (Fsp3) is 0.282. The predicted octanol–water partition coefficient (Wildman–Crippen LogP) is 5.43. The second kappa shape index (κ2) is 16.0. The lowest BCUT2D eigenvalue weighted by atomic mass is 9.88. The number of carbonyl (C=O) groups is 4. The molecule has 0 bridgehead atoms. The standard InChI is InChI=1S/C39H40N2O6/c1-39(27-47-39)36(43)34(24-30-18-10-4-11-19-30)40-37(44)32(22-28-14-6-2-7-15-28)25-35(42)33(23-29-16-8-3-9-17-29)41-38(45)46-26-31-20-12-5-13-21-31/h2-21,32-34H,22-27H2,1H3,(H,40,44)(H,41,45)/t32?,33-,34+,39?/m1/s1. The van der Waals surface area contributed by atoms with Gasteiger partial charge in [0.2, 0.25) is 5.91 Å². The molecule has 4 aromatic carbocycles. The van der Waals surface area contributed by atoms with Crippen molar-refractivity contribution in [3.63, 3.8) is 0 Å². The summed E-state index contributed by atoms with van der Waals surface area (Å²) in [4.78, 5) is 54.4. The Balaban J connectivity index is 1.34. The zero-order chi connectivity index (χ0) is 33.1. The molecular weight excluding hydrogens is 592 g/mol. The number of carbonyl (C=O) groups excluding carboxylic acids is 4. The molecule has 1 aliphatic rings. The zero-order valence-corrected chi connectivity index (χ0v) is 26.5. The molecule has 1 aliphatic heterocycles. The summed E-state index contributed by atoms with van der Waals surface area (Å²) in [6.07, 6.45) is -0.0863. The van der Waals surface area contributed by atoms with Crippen molar-refractivity contribution in [2.45, 2.75) is 56.9 Å². The Morgan fingerprint density at radius 2 is 1.11 bits per heavy atom. The molecule has 0 saturated carbocycles. The van der Waals surface area contributed by atoms with Crippen molar-refractivity contribution in [1.29, 1.82) is 0 Å². The number of ether oxygens (including phenoxy) is 2. The van der Waals surface area contributed by atoms with Crippen molar-refractivity contribution >= 4 is 23.6 Å². The van der Waals surface area contributed by atoms with Crippen LogP contribution in [0.2, 0.25) is 0 Å². The molecule has 8 heteroatoms. The number of hydrogen-bond donors (Lipinski definition) is 2. The molecule has 1 heterocycles. The van der Waals surface area contributed by atoms with Crippen LogP contribution in [0, 0.1) is 5.92 Å². The first-order valence-corrected chi connectivity index (χ1v) is 15.9. The molecule has 4 aromatic rings. The van der Waals surface area contributed by atoms with Crippen molar-refractivity contribution < 1.29 is 28.7 Å². The molecule has 2 unspecified atom stereocenters. The van der Waals surface area contributed by atoms with Gasteiger partial charge in [0.05, 0.1) is 18.7 Å². The van der Waals surface area contributed by atoms with Gasteiger partial charge in [0.15, 0.2) is 11.6 Å². The van der Waals surface area contributed by atoms with Crippen LogP contribution in [0.15, 0.2) is 121 Å². The Morgan fingerprint density at radius 1 is 0.660 bits per heavy atom. The summed E-state index contributed by atoms with van der Waals surface area (Å²) in [5, 5.41) is 5.72. The smallest absolute Gasteiger partial charge is 0.408 e. The van der Waals surface area contributed by atoms with Gasteiger partial charge in [-0.15, -0.1) is 0 Å². The number of epoxide rings is 1. The molecule has 4 atom stereocenters. The molecule has 8 nitrogen and oxygen atoms in total. The van der Waals surface area contributed by atoms with Gasteiger partial charge in [-0.1, -0.05) is 121 Å². The molecule has 242 valence electrons. The third-order valence-electron chi connectivity index (χ3n) is 8.33. The molecule has 0 spiro atoms. The predicted molar refractivity (Wildman–Crippen MR) is 178 cm³/mol. The highest BCUT2D eigenvalue weighted by molar-refractivity contribution is 5.98. The first-order valence-electron chi connectivity index (χ1n) is 15.9. The topological polar surface area (TPSA) is 114 Å². The van der Waals surface area contributed by atoms with Crippen LogP contribution in [0.3, 0.4) is 0 Å². The van der Waals surface area contributed by atoms with Gasteiger partial charge in [-0.25, -0.2) is 4.79 Å². The van der Waals surface area contributed by atoms with Crippen molar-refractivity contribution in [1.82, 2.24) is 10.6 Å². The van der Waals surface area contributed by atoms with Crippen molar-refractivity contribution in [2.75, 3.05) is 6.61 Å². The minimum absolute atomic E-state index is 0.0530. The van der Waals surface area contributed by atoms with Gasteiger partial charge >= 0.3 is 6.09 Å². The average Bonchev–Trinajstić information content (AvgIpc) is 3.86. The van der Waals surface area contributed by atoms with Crippen LogP contribution in [0.1, 0.15) is 35.6 Å². The maximum Gasteiger partial charge on any atom is 0.408 e. The molecule has 5 rings (SSSR count). The minimum atomic E-state index is -0.942. The van der Waals surface area contributed by atoms with E-state index in [1.54, 1.807) is 6.92 Å². The highest BCUT2D eigenvalue weighted by Gasteiger charge is 2.50. The second-order valence-electron chi connectivity index (χ2n) is 12.1. The SMILES string of the molecule is CC1(C(=O)[C@H](Cc2ccccc2)NC(=O)C(CC(=O)[C@@H](Cc2ccccc2)NC(=O)OCc2ccccc2)Cc2ccccc2)CO1. The number of amides is 2. The van der Waals surface area contributed by atoms with Crippen LogP contribution in [-0.4, -0.2) is 47.9 Å². The van der Waals surface area contributed by atoms with Crippen molar-refractivity contribution in [2.24, 2.45) is 5.92 Å². The number of alkyl carbamates (subject to hydrolysis) is 1. The lowest BCUT2D eigenvalue weighted by molar-refractivity contribution is -0.134. The number of Topliss-reactive ketones (excluding diaryl/α,β-unsaturated/α-hetero) is 2. The summed E-state index contributed by atoms with van der Waals surface area (Å²) in [6.45, 7) is 2.07. The van der Waals surface area contributed by atoms with Gasteiger partial charge in [-0.05, 0) is 48.4 Å². The van der Waals surface area contributed by atoms with E-state index in [-0.39, 0.29) is 37.4 Å². The van der Waals surface area contributed by atoms with Gasteiger partial charge in [0.25, 0.3) is 0 Å². The Kier molecular flexibility index (Phi) is 11.3. The van der Waals surface area contributed by atoms with Gasteiger partial charge in [0.1, 0.15) is 12.2 Å². The van der Waals surface area contributed by atoms with E-state index < -0.39 is 35.6 Å². The van der Waals surface area contributed by atoms with E-state index in [1.165, 1.54) is 0 Å². The van der Waals surface area contributed by atoms with Crippen LogP contribution >= 0.6 is 0 Å². The van der Waals surface area contributed by atoms with E-state index in [1.807, 2.05) is 121 Å². The number of hydrogen-bond acceptors (Lipinski definition) is 6. The van der Waals surface area contributed by atoms with Crippen molar-refractivity contribution in [3.8, 4) is 0 Å². The quantitative estimate of drug-likeness (QED) is 0.159. The molecular formula is C39H40N2O6. The molecule has 0 aliphatic carbocycles. The summed E-state index contributed by atoms with van der Waals surface area (Å²) in [7, 11) is 0. The molecule has 1 fully saturated rings. The molecule has 2 amide bonds. The van der Waals surface area contributed by atoms with Crippen LogP contribution in [0.25, 0.3) is 0 Å². The zero-order valence-electron chi connectivity index (χ0n) is 26.5. The lowest BCUT2D eigenvalue weighted by Crippen LogP contribution is -2.50. The highest BCUT2D eigenvalue weighted by Crippen LogP contribution is 2.29. The van der Waals surface area contributed by atoms with Gasteiger partial charge in [-0.2, -0.15) is 0 Å². The fourth-order valence-corrected chi connectivity index (χ4v) is 5.51. The Bertz CT molecular complexity index is 1630. The number of ketones is 2. The third-order valence-corrected chi connectivity index (χ3v) is 8.33. The van der Waals surface area contributed by atoms with Crippen LogP contribution in [0.5, 0.6) is 0 Å². The Labute approximate surface area is 275 Å². The number of nitrogens with one attached hydrogen (secondary N) is 2. The second-order valence-corrected chi connectivity index (χ2v) is 12.1. The van der Waals surface area contributed by atoms with Gasteiger partial charge in [0, 0.05) is 12.3 Å². The van der Waals surface area contributed by atoms with E-state index in [2.05, 4.69) is 10.6 Å². The maximum absolute atomic E-state index is 14.0. The van der Waals surface area contributed by atoms with Crippen LogP contribution in [-0.2, 0) is 49.7 Å². The number of rotatable bonds is 16. The highest BCUT2D eigenvalue weighted by atomic mass is 16.6. The van der Waals surface area contributed by atoms with Gasteiger partial charge < -0.3 is 20.1 Å². The summed E-state index contributed by atoms with van der Waals surface area (Å²) < 4.78 is 10.9. The molecule has 1 saturated heterocycles. The molecule has 0 aromatic heterocycles. The largest absolute Gasteiger partial charge is 0.445 e.